The van der Waals surface area contributed by atoms with Gasteiger partial charge >= 0.3 is 0 Å². The molecule has 0 aliphatic heterocycles. The lowest BCUT2D eigenvalue weighted by Crippen LogP contribution is -2.12. The number of hydrogen-bond acceptors (Lipinski definition) is 3. The molecule has 2 aromatic rings. The third kappa shape index (κ3) is 3.32. The van der Waals surface area contributed by atoms with Crippen LogP contribution >= 0.6 is 23.2 Å². The van der Waals surface area contributed by atoms with Crippen LogP contribution in [0.1, 0.15) is 18.3 Å². The minimum atomic E-state index is -3.81. The molecule has 0 atom stereocenters. The Morgan fingerprint density at radius 1 is 1.35 bits per heavy atom. The van der Waals surface area contributed by atoms with Crippen molar-refractivity contribution in [2.24, 2.45) is 5.14 Å². The third-order valence-electron chi connectivity index (χ3n) is 2.80. The van der Waals surface area contributed by atoms with Gasteiger partial charge < -0.3 is 4.57 Å². The summed E-state index contributed by atoms with van der Waals surface area (Å²) in [4.78, 5) is 4.02. The van der Waals surface area contributed by atoms with Gasteiger partial charge in [0.1, 0.15) is 5.82 Å². The Kier molecular flexibility index (Phi) is 4.39. The summed E-state index contributed by atoms with van der Waals surface area (Å²) in [7, 11) is -3.81. The third-order valence-corrected chi connectivity index (χ3v) is 4.17. The van der Waals surface area contributed by atoms with Crippen LogP contribution in [0.2, 0.25) is 10.0 Å². The zero-order valence-electron chi connectivity index (χ0n) is 10.7. The second-order valence-corrected chi connectivity index (χ2v) is 6.61. The molecule has 0 saturated carbocycles. The molecule has 2 rings (SSSR count). The van der Waals surface area contributed by atoms with Crippen LogP contribution in [-0.2, 0) is 23.0 Å². The van der Waals surface area contributed by atoms with E-state index in [-0.39, 0.29) is 5.03 Å². The van der Waals surface area contributed by atoms with Crippen molar-refractivity contribution in [3.63, 3.8) is 0 Å². The Bertz CT molecular complexity index is 741. The molecule has 2 N–H and O–H groups in total. The van der Waals surface area contributed by atoms with E-state index in [1.165, 1.54) is 6.20 Å². The predicted octanol–water partition coefficient (Wildman–Crippen LogP) is 2.45. The smallest absolute Gasteiger partial charge is 0.257 e. The van der Waals surface area contributed by atoms with Crippen molar-refractivity contribution in [3.05, 3.63) is 45.8 Å². The van der Waals surface area contributed by atoms with Crippen molar-refractivity contribution < 1.29 is 8.42 Å². The van der Waals surface area contributed by atoms with Crippen molar-refractivity contribution in [1.82, 2.24) is 9.55 Å². The molecule has 0 unspecified atom stereocenters. The van der Waals surface area contributed by atoms with E-state index in [9.17, 15) is 8.42 Å². The number of benzene rings is 1. The molecule has 0 fully saturated rings. The number of primary sulfonamides is 1. The summed E-state index contributed by atoms with van der Waals surface area (Å²) in [5.41, 5.74) is 0.823. The van der Waals surface area contributed by atoms with Crippen LogP contribution < -0.4 is 5.14 Å². The molecule has 5 nitrogen and oxygen atoms in total. The zero-order chi connectivity index (χ0) is 14.9. The van der Waals surface area contributed by atoms with Gasteiger partial charge in [0.2, 0.25) is 0 Å². The zero-order valence-corrected chi connectivity index (χ0v) is 13.0. The molecule has 0 radical (unpaired) electrons. The minimum Gasteiger partial charge on any atom is -0.329 e. The lowest BCUT2D eigenvalue weighted by molar-refractivity contribution is 0.594. The second-order valence-electron chi connectivity index (χ2n) is 4.26. The maximum atomic E-state index is 11.3. The maximum Gasteiger partial charge on any atom is 0.257 e. The van der Waals surface area contributed by atoms with Gasteiger partial charge in [0.25, 0.3) is 10.0 Å². The second kappa shape index (κ2) is 5.73. The van der Waals surface area contributed by atoms with E-state index in [0.29, 0.717) is 28.8 Å². The Labute approximate surface area is 127 Å². The highest BCUT2D eigenvalue weighted by atomic mass is 35.5. The molecule has 8 heteroatoms. The normalized spacial score (nSPS) is 11.8. The maximum absolute atomic E-state index is 11.3. The highest BCUT2D eigenvalue weighted by Crippen LogP contribution is 2.22. The van der Waals surface area contributed by atoms with E-state index >= 15 is 0 Å². The first-order valence-electron chi connectivity index (χ1n) is 5.84. The highest BCUT2D eigenvalue weighted by molar-refractivity contribution is 7.89. The van der Waals surface area contributed by atoms with Crippen molar-refractivity contribution in [3.8, 4) is 0 Å². The summed E-state index contributed by atoms with van der Waals surface area (Å²) in [5, 5.41) is 6.02. The summed E-state index contributed by atoms with van der Waals surface area (Å²) in [6.07, 6.45) is 2.00. The average Bonchev–Trinajstić information content (AvgIpc) is 2.75. The molecular formula is C12H13Cl2N3O2S. The first-order chi connectivity index (χ1) is 9.31. The highest BCUT2D eigenvalue weighted by Gasteiger charge is 2.16. The van der Waals surface area contributed by atoms with E-state index < -0.39 is 10.0 Å². The fourth-order valence-electron chi connectivity index (χ4n) is 1.82. The number of nitrogens with two attached hydrogens (primary N) is 1. The average molecular weight is 334 g/mol. The van der Waals surface area contributed by atoms with Gasteiger partial charge in [0, 0.05) is 22.7 Å². The Morgan fingerprint density at radius 2 is 2.05 bits per heavy atom. The summed E-state index contributed by atoms with van der Waals surface area (Å²) in [6, 6.07) is 5.16. The number of aromatic nitrogens is 2. The van der Waals surface area contributed by atoms with Crippen LogP contribution in [0, 0.1) is 0 Å². The SMILES string of the molecule is CCc1nc(S(N)(=O)=O)cn1Cc1ccc(Cl)cc1Cl. The largest absolute Gasteiger partial charge is 0.329 e. The molecule has 0 aliphatic carbocycles. The van der Waals surface area contributed by atoms with Crippen molar-refractivity contribution in [2.45, 2.75) is 24.9 Å². The topological polar surface area (TPSA) is 78.0 Å². The number of sulfonamides is 1. The van der Waals surface area contributed by atoms with Gasteiger partial charge in [-0.15, -0.1) is 0 Å². The van der Waals surface area contributed by atoms with Crippen molar-refractivity contribution >= 4 is 33.2 Å². The molecule has 0 spiro atoms. The lowest BCUT2D eigenvalue weighted by atomic mass is 10.2. The first kappa shape index (κ1) is 15.3. The van der Waals surface area contributed by atoms with Crippen molar-refractivity contribution in [1.29, 1.82) is 0 Å². The molecule has 1 heterocycles. The standard InChI is InChI=1S/C12H13Cl2N3O2S/c1-2-11-16-12(20(15,18)19)7-17(11)6-8-3-4-9(13)5-10(8)14/h3-5,7H,2,6H2,1H3,(H2,15,18,19). The summed E-state index contributed by atoms with van der Waals surface area (Å²) < 4.78 is 24.4. The van der Waals surface area contributed by atoms with Gasteiger partial charge in [-0.1, -0.05) is 36.2 Å². The molecule has 1 aromatic heterocycles. The Hall–Kier alpha value is -1.08. The predicted molar refractivity (Wildman–Crippen MR) is 78.5 cm³/mol. The molecule has 1 aromatic carbocycles. The van der Waals surface area contributed by atoms with Crippen molar-refractivity contribution in [2.75, 3.05) is 0 Å². The van der Waals surface area contributed by atoms with Crippen LogP contribution in [0.4, 0.5) is 0 Å². The van der Waals surface area contributed by atoms with Crippen LogP contribution in [0.25, 0.3) is 0 Å². The van der Waals surface area contributed by atoms with Crippen LogP contribution in [0.5, 0.6) is 0 Å². The molecular weight excluding hydrogens is 321 g/mol. The number of aryl methyl sites for hydroxylation is 1. The summed E-state index contributed by atoms with van der Waals surface area (Å²) in [6.45, 7) is 2.29. The number of hydrogen-bond donors (Lipinski definition) is 1. The van der Waals surface area contributed by atoms with E-state index in [0.717, 1.165) is 5.56 Å². The summed E-state index contributed by atoms with van der Waals surface area (Å²) in [5.74, 6) is 0.625. The number of rotatable bonds is 4. The summed E-state index contributed by atoms with van der Waals surface area (Å²) >= 11 is 12.0. The monoisotopic (exact) mass is 333 g/mol. The number of halogens is 2. The molecule has 20 heavy (non-hydrogen) atoms. The molecule has 0 bridgehead atoms. The van der Waals surface area contributed by atoms with Crippen LogP contribution in [0.3, 0.4) is 0 Å². The van der Waals surface area contributed by atoms with E-state index in [4.69, 9.17) is 28.3 Å². The van der Waals surface area contributed by atoms with Gasteiger partial charge in [-0.25, -0.2) is 18.5 Å². The van der Waals surface area contributed by atoms with Gasteiger partial charge in [-0.3, -0.25) is 0 Å². The van der Waals surface area contributed by atoms with E-state index in [1.807, 2.05) is 6.92 Å². The fraction of sp³-hybridized carbons (Fsp3) is 0.250. The van der Waals surface area contributed by atoms with Gasteiger partial charge in [0.15, 0.2) is 5.03 Å². The van der Waals surface area contributed by atoms with Gasteiger partial charge in [0.05, 0.1) is 6.54 Å². The quantitative estimate of drug-likeness (QED) is 0.933. The molecule has 0 amide bonds. The van der Waals surface area contributed by atoms with E-state index in [2.05, 4.69) is 4.98 Å². The fourth-order valence-corrected chi connectivity index (χ4v) is 2.79. The Balaban J connectivity index is 2.40. The van der Waals surface area contributed by atoms with Gasteiger partial charge in [-0.2, -0.15) is 0 Å². The van der Waals surface area contributed by atoms with Crippen LogP contribution in [0.15, 0.2) is 29.4 Å². The van der Waals surface area contributed by atoms with E-state index in [1.54, 1.807) is 22.8 Å². The van der Waals surface area contributed by atoms with Crippen LogP contribution in [-0.4, -0.2) is 18.0 Å². The molecule has 0 aliphatic rings. The minimum absolute atomic E-state index is 0.139. The number of nitrogens with zero attached hydrogens (tertiary/aromatic N) is 2. The Morgan fingerprint density at radius 3 is 2.60 bits per heavy atom. The van der Waals surface area contributed by atoms with Gasteiger partial charge in [-0.05, 0) is 17.7 Å². The molecule has 108 valence electrons. The first-order valence-corrected chi connectivity index (χ1v) is 8.14. The molecule has 0 saturated heterocycles. The lowest BCUT2D eigenvalue weighted by Gasteiger charge is -2.08. The number of imidazole rings is 1.